The second kappa shape index (κ2) is 5.32. The van der Waals surface area contributed by atoms with Gasteiger partial charge in [-0.05, 0) is 0 Å². The summed E-state index contributed by atoms with van der Waals surface area (Å²) in [6, 6.07) is 1.98. The van der Waals surface area contributed by atoms with Gasteiger partial charge in [0.1, 0.15) is 30.5 Å². The second-order valence-electron chi connectivity index (χ2n) is 5.45. The number of nitrogens with one attached hydrogen (secondary N) is 2. The van der Waals surface area contributed by atoms with Crippen molar-refractivity contribution in [1.82, 2.24) is 34.6 Å². The van der Waals surface area contributed by atoms with Gasteiger partial charge in [-0.25, -0.2) is 23.7 Å². The van der Waals surface area contributed by atoms with E-state index in [0.717, 1.165) is 11.0 Å². The van der Waals surface area contributed by atoms with E-state index in [0.29, 0.717) is 0 Å². The topological polar surface area (TPSA) is 117 Å². The first kappa shape index (κ1) is 15.2. The summed E-state index contributed by atoms with van der Waals surface area (Å²) in [6.45, 7) is -0.411. The second-order valence-corrected chi connectivity index (χ2v) is 5.45. The zero-order valence-electron chi connectivity index (χ0n) is 12.5. The molecule has 9 nitrogen and oxygen atoms in total. The van der Waals surface area contributed by atoms with Gasteiger partial charge >= 0.3 is 0 Å². The lowest BCUT2D eigenvalue weighted by Crippen LogP contribution is -2.56. The van der Waals surface area contributed by atoms with Crippen molar-refractivity contribution in [2.24, 2.45) is 0 Å². The first-order valence-corrected chi connectivity index (χ1v) is 7.18. The van der Waals surface area contributed by atoms with E-state index in [2.05, 4.69) is 25.4 Å². The molecule has 25 heavy (non-hydrogen) atoms. The van der Waals surface area contributed by atoms with E-state index in [1.807, 2.05) is 6.07 Å². The number of hydrogen-bond acceptors (Lipinski definition) is 6. The van der Waals surface area contributed by atoms with E-state index < -0.39 is 24.1 Å². The number of H-pyrrole nitrogens is 1. The zero-order valence-corrected chi connectivity index (χ0v) is 12.5. The molecule has 4 heterocycles. The SMILES string of the molecule is N#Cc1cn(-c2c[nH]n(-c3cc(C4NCC4(F)F)ncn3)c2=O)cn1. The molecule has 0 bridgehead atoms. The normalized spacial score (nSPS) is 18.5. The third-order valence-electron chi connectivity index (χ3n) is 3.89. The van der Waals surface area contributed by atoms with Crippen molar-refractivity contribution in [1.29, 1.82) is 5.26 Å². The number of alkyl halides is 2. The minimum atomic E-state index is -2.89. The van der Waals surface area contributed by atoms with Crippen molar-refractivity contribution in [2.75, 3.05) is 6.54 Å². The summed E-state index contributed by atoms with van der Waals surface area (Å²) < 4.78 is 29.5. The predicted octanol–water partition coefficient (Wildman–Crippen LogP) is 0.293. The van der Waals surface area contributed by atoms with Crippen LogP contribution in [0.25, 0.3) is 11.5 Å². The molecule has 1 unspecified atom stereocenters. The molecule has 0 aromatic carbocycles. The van der Waals surface area contributed by atoms with Crippen LogP contribution in [0.2, 0.25) is 0 Å². The van der Waals surface area contributed by atoms with E-state index in [-0.39, 0.29) is 22.9 Å². The molecule has 1 aliphatic rings. The Balaban J connectivity index is 1.72. The van der Waals surface area contributed by atoms with Gasteiger partial charge in [-0.15, -0.1) is 0 Å². The van der Waals surface area contributed by atoms with Crippen molar-refractivity contribution in [3.05, 3.63) is 52.9 Å². The summed E-state index contributed by atoms with van der Waals surface area (Å²) in [5.74, 6) is -2.76. The summed E-state index contributed by atoms with van der Waals surface area (Å²) in [5.41, 5.74) is -0.00501. The highest BCUT2D eigenvalue weighted by Gasteiger charge is 2.50. The van der Waals surface area contributed by atoms with E-state index >= 15 is 0 Å². The number of nitrogens with zero attached hydrogens (tertiary/aromatic N) is 6. The molecule has 0 aliphatic carbocycles. The average Bonchev–Trinajstić information content (AvgIpc) is 3.20. The van der Waals surface area contributed by atoms with E-state index in [4.69, 9.17) is 5.26 Å². The Morgan fingerprint density at radius 2 is 2.20 bits per heavy atom. The zero-order chi connectivity index (χ0) is 17.6. The molecule has 4 rings (SSSR count). The Morgan fingerprint density at radius 3 is 2.84 bits per heavy atom. The molecule has 1 atom stereocenters. The Kier molecular flexibility index (Phi) is 3.22. The first-order chi connectivity index (χ1) is 12.0. The van der Waals surface area contributed by atoms with Crippen molar-refractivity contribution < 1.29 is 8.78 Å². The van der Waals surface area contributed by atoms with Crippen LogP contribution in [-0.2, 0) is 0 Å². The van der Waals surface area contributed by atoms with Crippen molar-refractivity contribution in [3.63, 3.8) is 0 Å². The molecule has 3 aromatic rings. The summed E-state index contributed by atoms with van der Waals surface area (Å²) in [4.78, 5) is 24.2. The highest BCUT2D eigenvalue weighted by atomic mass is 19.3. The van der Waals surface area contributed by atoms with Crippen molar-refractivity contribution >= 4 is 0 Å². The molecule has 1 aliphatic heterocycles. The van der Waals surface area contributed by atoms with Crippen LogP contribution in [0.1, 0.15) is 17.4 Å². The van der Waals surface area contributed by atoms with Gasteiger partial charge in [-0.3, -0.25) is 19.8 Å². The Morgan fingerprint density at radius 1 is 1.36 bits per heavy atom. The Labute approximate surface area is 138 Å². The van der Waals surface area contributed by atoms with Crippen LogP contribution >= 0.6 is 0 Å². The standard InChI is InChI=1S/C14H10F2N8O/c15-14(16)5-18-12(14)9-1-11(20-6-19-9)24-13(25)10(3-22-24)23-4-8(2-17)21-7-23/h1,3-4,6-7,12,18,22H,5H2. The first-order valence-electron chi connectivity index (χ1n) is 7.18. The monoisotopic (exact) mass is 344 g/mol. The molecule has 11 heteroatoms. The largest absolute Gasteiger partial charge is 0.299 e. The predicted molar refractivity (Wildman–Crippen MR) is 79.5 cm³/mol. The van der Waals surface area contributed by atoms with Gasteiger partial charge in [0.25, 0.3) is 11.5 Å². The number of hydrogen-bond donors (Lipinski definition) is 2. The quantitative estimate of drug-likeness (QED) is 0.705. The fourth-order valence-electron chi connectivity index (χ4n) is 2.55. The maximum absolute atomic E-state index is 13.5. The van der Waals surface area contributed by atoms with Gasteiger partial charge < -0.3 is 0 Å². The molecular weight excluding hydrogens is 334 g/mol. The molecule has 0 spiro atoms. The lowest BCUT2D eigenvalue weighted by Gasteiger charge is -2.37. The van der Waals surface area contributed by atoms with Gasteiger partial charge in [0.2, 0.25) is 0 Å². The average molecular weight is 344 g/mol. The molecule has 2 N–H and O–H groups in total. The Hall–Kier alpha value is -3.39. The smallest absolute Gasteiger partial charge is 0.296 e. The fraction of sp³-hybridized carbons (Fsp3) is 0.214. The fourth-order valence-corrected chi connectivity index (χ4v) is 2.55. The van der Waals surface area contributed by atoms with Crippen LogP contribution in [0.4, 0.5) is 8.78 Å². The molecule has 126 valence electrons. The molecule has 1 saturated heterocycles. The number of rotatable bonds is 3. The number of imidazole rings is 1. The number of aromatic amines is 1. The third-order valence-corrected chi connectivity index (χ3v) is 3.89. The molecule has 0 radical (unpaired) electrons. The maximum Gasteiger partial charge on any atom is 0.296 e. The third kappa shape index (κ3) is 2.39. The van der Waals surface area contributed by atoms with Crippen LogP contribution in [0.5, 0.6) is 0 Å². The summed E-state index contributed by atoms with van der Waals surface area (Å²) in [5, 5.41) is 14.1. The highest BCUT2D eigenvalue weighted by molar-refractivity contribution is 5.34. The van der Waals surface area contributed by atoms with E-state index in [1.165, 1.54) is 29.4 Å². The summed E-state index contributed by atoms with van der Waals surface area (Å²) >= 11 is 0. The van der Waals surface area contributed by atoms with Gasteiger partial charge in [-0.2, -0.15) is 9.94 Å². The molecule has 3 aromatic heterocycles. The van der Waals surface area contributed by atoms with Crippen LogP contribution in [-0.4, -0.2) is 41.8 Å². The van der Waals surface area contributed by atoms with Gasteiger partial charge in [0, 0.05) is 18.5 Å². The lowest BCUT2D eigenvalue weighted by atomic mass is 9.98. The lowest BCUT2D eigenvalue weighted by molar-refractivity contribution is -0.0984. The van der Waals surface area contributed by atoms with Crippen LogP contribution < -0.4 is 10.9 Å². The van der Waals surface area contributed by atoms with Gasteiger partial charge in [-0.1, -0.05) is 0 Å². The maximum atomic E-state index is 13.5. The van der Waals surface area contributed by atoms with E-state index in [9.17, 15) is 13.6 Å². The van der Waals surface area contributed by atoms with Gasteiger partial charge in [0.15, 0.2) is 11.5 Å². The number of halogens is 2. The van der Waals surface area contributed by atoms with Crippen molar-refractivity contribution in [3.8, 4) is 17.6 Å². The minimum absolute atomic E-state index is 0.0960. The molecule has 1 fully saturated rings. The van der Waals surface area contributed by atoms with Crippen LogP contribution in [0.3, 0.4) is 0 Å². The van der Waals surface area contributed by atoms with Crippen LogP contribution in [0.15, 0.2) is 35.9 Å². The molecule has 0 amide bonds. The summed E-state index contributed by atoms with van der Waals surface area (Å²) in [6.07, 6.45) is 5.26. The molecular formula is C14H10F2N8O. The summed E-state index contributed by atoms with van der Waals surface area (Å²) in [7, 11) is 0. The minimum Gasteiger partial charge on any atom is -0.299 e. The van der Waals surface area contributed by atoms with Crippen LogP contribution in [0, 0.1) is 11.3 Å². The number of aromatic nitrogens is 6. The van der Waals surface area contributed by atoms with Crippen molar-refractivity contribution in [2.45, 2.75) is 12.0 Å². The highest BCUT2D eigenvalue weighted by Crippen LogP contribution is 2.37. The van der Waals surface area contributed by atoms with E-state index in [1.54, 1.807) is 0 Å². The Bertz CT molecular complexity index is 1040. The van der Waals surface area contributed by atoms with Gasteiger partial charge in [0.05, 0.1) is 12.2 Å². The number of nitriles is 1. The molecule has 0 saturated carbocycles.